The van der Waals surface area contributed by atoms with E-state index in [0.717, 1.165) is 0 Å². The van der Waals surface area contributed by atoms with Crippen LogP contribution in [0.2, 0.25) is 0 Å². The summed E-state index contributed by atoms with van der Waals surface area (Å²) in [5.74, 6) is 8.93. The Kier molecular flexibility index (Phi) is 6.27. The summed E-state index contributed by atoms with van der Waals surface area (Å²) >= 11 is -2.89. The Morgan fingerprint density at radius 2 is 1.21 bits per heavy atom. The van der Waals surface area contributed by atoms with Gasteiger partial charge in [-0.05, 0) is 0 Å². The Labute approximate surface area is 92.0 Å². The molecule has 0 aromatic rings. The molecule has 0 aromatic carbocycles. The van der Waals surface area contributed by atoms with Crippen molar-refractivity contribution in [2.45, 2.75) is 34.6 Å². The van der Waals surface area contributed by atoms with Gasteiger partial charge in [0.05, 0.1) is 0 Å². The molecule has 0 bridgehead atoms. The summed E-state index contributed by atoms with van der Waals surface area (Å²) < 4.78 is 12.0. The van der Waals surface area contributed by atoms with Crippen molar-refractivity contribution in [3.63, 3.8) is 0 Å². The average Bonchev–Trinajstić information content (AvgIpc) is 2.03. The summed E-state index contributed by atoms with van der Waals surface area (Å²) in [4.78, 5) is 0. The second kappa shape index (κ2) is 6.64. The van der Waals surface area contributed by atoms with E-state index in [1.165, 1.54) is 5.57 Å². The summed E-state index contributed by atoms with van der Waals surface area (Å²) in [5.41, 5.74) is 1.27. The Morgan fingerprint density at radius 3 is 1.43 bits per heavy atom. The Hall–Kier alpha value is -0.781. The Morgan fingerprint density at radius 1 is 0.857 bits per heavy atom. The van der Waals surface area contributed by atoms with Gasteiger partial charge in [0.25, 0.3) is 0 Å². The first-order valence-electron chi connectivity index (χ1n) is 4.58. The van der Waals surface area contributed by atoms with E-state index in [2.05, 4.69) is 47.5 Å². The second-order valence-corrected chi connectivity index (χ2v) is 10.7. The third-order valence-electron chi connectivity index (χ3n) is 1.47. The first kappa shape index (κ1) is 13.2. The van der Waals surface area contributed by atoms with E-state index >= 15 is 0 Å². The van der Waals surface area contributed by atoms with Gasteiger partial charge in [-0.3, -0.25) is 0 Å². The molecule has 0 aliphatic carbocycles. The van der Waals surface area contributed by atoms with Crippen LogP contribution in [-0.2, 0) is 0 Å². The number of hydrogen-bond acceptors (Lipinski definition) is 0. The van der Waals surface area contributed by atoms with Crippen LogP contribution < -0.4 is 0 Å². The van der Waals surface area contributed by atoms with Crippen molar-refractivity contribution in [2.24, 2.45) is 0 Å². The predicted octanol–water partition coefficient (Wildman–Crippen LogP) is 2.63. The fraction of sp³-hybridized carbons (Fsp3) is 0.385. The summed E-state index contributed by atoms with van der Waals surface area (Å²) in [6.45, 7) is 9.74. The third-order valence-corrected chi connectivity index (χ3v) is 9.87. The standard InChI is InChI=1S/C4H7.3C3H3.Sn/c1-4(2)3;3*1-3-2;/h1H,2-3H3;3*1H3;. The Balaban J connectivity index is 5.50. The van der Waals surface area contributed by atoms with Crippen molar-refractivity contribution < 1.29 is 0 Å². The first-order chi connectivity index (χ1) is 6.60. The van der Waals surface area contributed by atoms with Crippen molar-refractivity contribution in [1.29, 1.82) is 0 Å². The number of allylic oxidation sites excluding steroid dienone is 1. The molecule has 0 aromatic heterocycles. The van der Waals surface area contributed by atoms with Crippen LogP contribution in [0.4, 0.5) is 0 Å². The SMILES string of the molecule is CC#[C][Sn]([C]#CC)([C]#CC)[CH]=C(C)C. The summed E-state index contributed by atoms with van der Waals surface area (Å²) in [6, 6.07) is 0. The molecule has 0 spiro atoms. The van der Waals surface area contributed by atoms with E-state index in [1.54, 1.807) is 0 Å². The monoisotopic (exact) mass is 292 g/mol. The summed E-state index contributed by atoms with van der Waals surface area (Å²) in [7, 11) is 0. The molecule has 0 saturated heterocycles. The van der Waals surface area contributed by atoms with Crippen molar-refractivity contribution in [3.05, 3.63) is 9.67 Å². The van der Waals surface area contributed by atoms with Gasteiger partial charge in [-0.25, -0.2) is 0 Å². The van der Waals surface area contributed by atoms with Gasteiger partial charge in [0, 0.05) is 0 Å². The molecule has 0 saturated carbocycles. The van der Waals surface area contributed by atoms with Crippen molar-refractivity contribution >= 4 is 18.4 Å². The van der Waals surface area contributed by atoms with Gasteiger partial charge in [-0.15, -0.1) is 0 Å². The Bertz CT molecular complexity index is 339. The van der Waals surface area contributed by atoms with E-state index in [4.69, 9.17) is 0 Å². The van der Waals surface area contributed by atoms with Crippen LogP contribution in [0, 0.1) is 29.6 Å². The van der Waals surface area contributed by atoms with Crippen molar-refractivity contribution in [3.8, 4) is 29.6 Å². The zero-order chi connectivity index (χ0) is 11.0. The minimum atomic E-state index is -2.89. The normalized spacial score (nSPS) is 8.07. The predicted molar refractivity (Wildman–Crippen MR) is 65.5 cm³/mol. The molecule has 0 rings (SSSR count). The first-order valence-corrected chi connectivity index (χ1v) is 10.5. The topological polar surface area (TPSA) is 0 Å². The molecule has 0 radical (unpaired) electrons. The van der Waals surface area contributed by atoms with E-state index in [1.807, 2.05) is 20.8 Å². The van der Waals surface area contributed by atoms with Gasteiger partial charge < -0.3 is 0 Å². The van der Waals surface area contributed by atoms with Crippen molar-refractivity contribution in [2.75, 3.05) is 0 Å². The van der Waals surface area contributed by atoms with Crippen LogP contribution >= 0.6 is 0 Å². The maximum atomic E-state index is 3.27. The van der Waals surface area contributed by atoms with Crippen LogP contribution in [0.3, 0.4) is 0 Å². The fourth-order valence-electron chi connectivity index (χ4n) is 1.23. The fourth-order valence-corrected chi connectivity index (χ4v) is 8.23. The quantitative estimate of drug-likeness (QED) is 0.514. The molecule has 0 heterocycles. The maximum absolute atomic E-state index is 3.27. The molecule has 1 heteroatoms. The zero-order valence-corrected chi connectivity index (χ0v) is 12.4. The molecular formula is C13H16Sn. The van der Waals surface area contributed by atoms with Crippen LogP contribution in [0.25, 0.3) is 0 Å². The third kappa shape index (κ3) is 4.45. The molecule has 0 amide bonds. The molecule has 72 valence electrons. The van der Waals surface area contributed by atoms with Crippen LogP contribution in [0.5, 0.6) is 0 Å². The van der Waals surface area contributed by atoms with Crippen molar-refractivity contribution in [1.82, 2.24) is 0 Å². The van der Waals surface area contributed by atoms with Crippen LogP contribution in [-0.4, -0.2) is 18.4 Å². The molecule has 0 aliphatic heterocycles. The summed E-state index contributed by atoms with van der Waals surface area (Å²) in [6.07, 6.45) is 0. The van der Waals surface area contributed by atoms with E-state index in [9.17, 15) is 0 Å². The van der Waals surface area contributed by atoms with Gasteiger partial charge in [0.15, 0.2) is 0 Å². The molecule has 14 heavy (non-hydrogen) atoms. The van der Waals surface area contributed by atoms with E-state index in [0.29, 0.717) is 0 Å². The van der Waals surface area contributed by atoms with Gasteiger partial charge in [-0.2, -0.15) is 0 Å². The van der Waals surface area contributed by atoms with Crippen LogP contribution in [0.15, 0.2) is 9.67 Å². The molecule has 0 unspecified atom stereocenters. The second-order valence-electron chi connectivity index (χ2n) is 3.15. The average molecular weight is 291 g/mol. The number of rotatable bonds is 1. The zero-order valence-electron chi connectivity index (χ0n) is 9.58. The van der Waals surface area contributed by atoms with E-state index < -0.39 is 18.4 Å². The molecule has 0 N–H and O–H groups in total. The molecule has 0 fully saturated rings. The van der Waals surface area contributed by atoms with E-state index in [-0.39, 0.29) is 0 Å². The molecule has 0 atom stereocenters. The van der Waals surface area contributed by atoms with Gasteiger partial charge in [-0.1, -0.05) is 0 Å². The minimum absolute atomic E-state index is 1.27. The summed E-state index contributed by atoms with van der Waals surface area (Å²) in [5, 5.41) is 0. The number of hydrogen-bond donors (Lipinski definition) is 0. The molecular weight excluding hydrogens is 275 g/mol. The van der Waals surface area contributed by atoms with Gasteiger partial charge in [0.2, 0.25) is 0 Å². The van der Waals surface area contributed by atoms with Crippen LogP contribution in [0.1, 0.15) is 34.6 Å². The molecule has 0 aliphatic rings. The van der Waals surface area contributed by atoms with Gasteiger partial charge in [0.1, 0.15) is 0 Å². The van der Waals surface area contributed by atoms with Gasteiger partial charge >= 0.3 is 92.2 Å². The molecule has 0 nitrogen and oxygen atoms in total.